The Morgan fingerprint density at radius 1 is 1.05 bits per heavy atom. The summed E-state index contributed by atoms with van der Waals surface area (Å²) in [5, 5.41) is 3.71. The third kappa shape index (κ3) is 2.95. The maximum absolute atomic E-state index is 5.94. The lowest BCUT2D eigenvalue weighted by Crippen LogP contribution is -2.37. The number of anilines is 1. The predicted octanol–water partition coefficient (Wildman–Crippen LogP) is 2.67. The summed E-state index contributed by atoms with van der Waals surface area (Å²) in [6.07, 6.45) is 12.9. The lowest BCUT2D eigenvalue weighted by molar-refractivity contribution is 0.332. The van der Waals surface area contributed by atoms with Gasteiger partial charge in [0.25, 0.3) is 0 Å². The molecule has 0 amide bonds. The van der Waals surface area contributed by atoms with Crippen LogP contribution >= 0.6 is 0 Å². The van der Waals surface area contributed by atoms with Gasteiger partial charge in [-0.3, -0.25) is 0 Å². The fourth-order valence-corrected chi connectivity index (χ4v) is 3.68. The SMILES string of the molecule is NCC1CCCCC1Nc1ncnc2c1CCCCC2. The summed E-state index contributed by atoms with van der Waals surface area (Å²) in [7, 11) is 0. The molecular weight excluding hydrogens is 248 g/mol. The van der Waals surface area contributed by atoms with Gasteiger partial charge >= 0.3 is 0 Å². The Balaban J connectivity index is 1.79. The van der Waals surface area contributed by atoms with Crippen molar-refractivity contribution in [3.8, 4) is 0 Å². The van der Waals surface area contributed by atoms with Crippen LogP contribution in [0.5, 0.6) is 0 Å². The van der Waals surface area contributed by atoms with E-state index >= 15 is 0 Å². The van der Waals surface area contributed by atoms with Crippen LogP contribution in [0.4, 0.5) is 5.82 Å². The van der Waals surface area contributed by atoms with Crippen molar-refractivity contribution in [1.82, 2.24) is 9.97 Å². The van der Waals surface area contributed by atoms with E-state index in [9.17, 15) is 0 Å². The summed E-state index contributed by atoms with van der Waals surface area (Å²) >= 11 is 0. The fraction of sp³-hybridized carbons (Fsp3) is 0.750. The van der Waals surface area contributed by atoms with E-state index in [0.717, 1.165) is 25.2 Å². The van der Waals surface area contributed by atoms with Crippen LogP contribution in [0.3, 0.4) is 0 Å². The molecule has 2 unspecified atom stereocenters. The van der Waals surface area contributed by atoms with Gasteiger partial charge in [-0.25, -0.2) is 9.97 Å². The van der Waals surface area contributed by atoms with E-state index in [1.54, 1.807) is 6.33 Å². The van der Waals surface area contributed by atoms with Crippen LogP contribution in [0.1, 0.15) is 56.2 Å². The van der Waals surface area contributed by atoms with Crippen molar-refractivity contribution >= 4 is 5.82 Å². The molecule has 1 saturated carbocycles. The minimum Gasteiger partial charge on any atom is -0.367 e. The second-order valence-electron chi connectivity index (χ2n) is 6.24. The fourth-order valence-electron chi connectivity index (χ4n) is 3.68. The number of rotatable bonds is 3. The molecule has 2 aliphatic carbocycles. The molecule has 0 bridgehead atoms. The minimum absolute atomic E-state index is 0.496. The van der Waals surface area contributed by atoms with Gasteiger partial charge in [-0.15, -0.1) is 0 Å². The quantitative estimate of drug-likeness (QED) is 0.832. The van der Waals surface area contributed by atoms with E-state index in [1.165, 1.54) is 56.2 Å². The Morgan fingerprint density at radius 3 is 2.80 bits per heavy atom. The number of nitrogens with two attached hydrogens (primary N) is 1. The Hall–Kier alpha value is -1.16. The van der Waals surface area contributed by atoms with E-state index in [4.69, 9.17) is 5.73 Å². The van der Waals surface area contributed by atoms with Gasteiger partial charge in [-0.05, 0) is 51.0 Å². The molecule has 0 radical (unpaired) electrons. The highest BCUT2D eigenvalue weighted by atomic mass is 15.0. The molecule has 2 aliphatic rings. The first-order valence-electron chi connectivity index (χ1n) is 8.18. The molecule has 20 heavy (non-hydrogen) atoms. The zero-order chi connectivity index (χ0) is 13.8. The van der Waals surface area contributed by atoms with Crippen LogP contribution in [0, 0.1) is 5.92 Å². The highest BCUT2D eigenvalue weighted by Gasteiger charge is 2.25. The van der Waals surface area contributed by atoms with Crippen molar-refractivity contribution in [2.75, 3.05) is 11.9 Å². The molecule has 0 aliphatic heterocycles. The van der Waals surface area contributed by atoms with E-state index in [0.29, 0.717) is 12.0 Å². The van der Waals surface area contributed by atoms with Crippen molar-refractivity contribution < 1.29 is 0 Å². The summed E-state index contributed by atoms with van der Waals surface area (Å²) in [5.41, 5.74) is 8.57. The van der Waals surface area contributed by atoms with Crippen molar-refractivity contribution in [2.24, 2.45) is 11.7 Å². The number of aromatic nitrogens is 2. The third-order valence-electron chi connectivity index (χ3n) is 4.91. The van der Waals surface area contributed by atoms with Crippen LogP contribution in [0.15, 0.2) is 6.33 Å². The number of hydrogen-bond acceptors (Lipinski definition) is 4. The molecule has 4 heteroatoms. The first kappa shape index (κ1) is 13.8. The summed E-state index contributed by atoms with van der Waals surface area (Å²) in [5.74, 6) is 1.68. The zero-order valence-electron chi connectivity index (χ0n) is 12.3. The van der Waals surface area contributed by atoms with E-state index in [-0.39, 0.29) is 0 Å². The molecule has 3 N–H and O–H groups in total. The smallest absolute Gasteiger partial charge is 0.133 e. The Labute approximate surface area is 121 Å². The van der Waals surface area contributed by atoms with Crippen molar-refractivity contribution in [3.05, 3.63) is 17.6 Å². The van der Waals surface area contributed by atoms with Crippen LogP contribution < -0.4 is 11.1 Å². The number of aryl methyl sites for hydroxylation is 1. The summed E-state index contributed by atoms with van der Waals surface area (Å²) in [4.78, 5) is 9.03. The number of nitrogens with one attached hydrogen (secondary N) is 1. The second kappa shape index (κ2) is 6.53. The molecule has 1 aromatic heterocycles. The minimum atomic E-state index is 0.496. The Kier molecular flexibility index (Phi) is 4.51. The maximum atomic E-state index is 5.94. The molecular formula is C16H26N4. The van der Waals surface area contributed by atoms with Gasteiger partial charge in [0.05, 0.1) is 0 Å². The van der Waals surface area contributed by atoms with E-state index in [1.807, 2.05) is 0 Å². The Morgan fingerprint density at radius 2 is 1.90 bits per heavy atom. The van der Waals surface area contributed by atoms with Crippen molar-refractivity contribution in [2.45, 2.75) is 63.8 Å². The van der Waals surface area contributed by atoms with Crippen LogP contribution in [-0.4, -0.2) is 22.6 Å². The number of hydrogen-bond donors (Lipinski definition) is 2. The topological polar surface area (TPSA) is 63.8 Å². The zero-order valence-corrected chi connectivity index (χ0v) is 12.3. The normalized spacial score (nSPS) is 26.6. The lowest BCUT2D eigenvalue weighted by atomic mass is 9.84. The van der Waals surface area contributed by atoms with Crippen LogP contribution in [0.2, 0.25) is 0 Å². The van der Waals surface area contributed by atoms with Gasteiger partial charge in [-0.2, -0.15) is 0 Å². The van der Waals surface area contributed by atoms with Gasteiger partial charge in [0, 0.05) is 17.3 Å². The largest absolute Gasteiger partial charge is 0.367 e. The van der Waals surface area contributed by atoms with Crippen LogP contribution in [0.25, 0.3) is 0 Å². The maximum Gasteiger partial charge on any atom is 0.133 e. The molecule has 1 heterocycles. The first-order valence-corrected chi connectivity index (χ1v) is 8.18. The molecule has 110 valence electrons. The Bertz CT molecular complexity index is 446. The van der Waals surface area contributed by atoms with Gasteiger partial charge in [0.2, 0.25) is 0 Å². The molecule has 0 aromatic carbocycles. The first-order chi connectivity index (χ1) is 9.88. The molecule has 2 atom stereocenters. The van der Waals surface area contributed by atoms with E-state index in [2.05, 4.69) is 15.3 Å². The third-order valence-corrected chi connectivity index (χ3v) is 4.91. The lowest BCUT2D eigenvalue weighted by Gasteiger charge is -2.32. The highest BCUT2D eigenvalue weighted by molar-refractivity contribution is 5.47. The molecule has 0 saturated heterocycles. The summed E-state index contributed by atoms with van der Waals surface area (Å²) in [6.45, 7) is 0.783. The summed E-state index contributed by atoms with van der Waals surface area (Å²) in [6, 6.07) is 0.496. The molecule has 1 aromatic rings. The van der Waals surface area contributed by atoms with Crippen molar-refractivity contribution in [3.63, 3.8) is 0 Å². The number of nitrogens with zero attached hydrogens (tertiary/aromatic N) is 2. The average Bonchev–Trinajstić information content (AvgIpc) is 2.74. The summed E-state index contributed by atoms with van der Waals surface area (Å²) < 4.78 is 0. The molecule has 1 fully saturated rings. The molecule has 4 nitrogen and oxygen atoms in total. The van der Waals surface area contributed by atoms with Gasteiger partial charge < -0.3 is 11.1 Å². The predicted molar refractivity (Wildman–Crippen MR) is 81.7 cm³/mol. The monoisotopic (exact) mass is 274 g/mol. The second-order valence-corrected chi connectivity index (χ2v) is 6.24. The van der Waals surface area contributed by atoms with Crippen molar-refractivity contribution in [1.29, 1.82) is 0 Å². The number of fused-ring (bicyclic) bond motifs is 1. The van der Waals surface area contributed by atoms with Gasteiger partial charge in [0.1, 0.15) is 12.1 Å². The standard InChI is InChI=1S/C16H26N4/c17-10-12-6-4-5-8-14(12)20-16-13-7-2-1-3-9-15(13)18-11-19-16/h11-12,14H,1-10,17H2,(H,18,19,20). The van der Waals surface area contributed by atoms with Gasteiger partial charge in [0.15, 0.2) is 0 Å². The average molecular weight is 274 g/mol. The van der Waals surface area contributed by atoms with E-state index < -0.39 is 0 Å². The van der Waals surface area contributed by atoms with Gasteiger partial charge in [-0.1, -0.05) is 19.3 Å². The molecule has 3 rings (SSSR count). The van der Waals surface area contributed by atoms with Crippen LogP contribution in [-0.2, 0) is 12.8 Å². The highest BCUT2D eigenvalue weighted by Crippen LogP contribution is 2.29. The molecule has 0 spiro atoms.